The van der Waals surface area contributed by atoms with Crippen molar-refractivity contribution in [3.05, 3.63) is 32.2 Å². The summed E-state index contributed by atoms with van der Waals surface area (Å²) < 4.78 is 7.03. The third kappa shape index (κ3) is 1.65. The Hall–Kier alpha value is 0.1000. The molecular formula is C10H10Br2O2. The third-order valence-electron chi connectivity index (χ3n) is 2.50. The number of benzene rings is 1. The highest BCUT2D eigenvalue weighted by Crippen LogP contribution is 2.35. The topological polar surface area (TPSA) is 29.5 Å². The van der Waals surface area contributed by atoms with Crippen molar-refractivity contribution in [1.82, 2.24) is 0 Å². The standard InChI is InChI=1S/C10H10Br2O2/c1-6-8(11)2-7(3-9(6)12)10(13)4-14-5-10/h2-3,13H,4-5H2,1H3. The van der Waals surface area contributed by atoms with E-state index in [4.69, 9.17) is 4.74 Å². The van der Waals surface area contributed by atoms with Crippen LogP contribution in [0.25, 0.3) is 0 Å². The Morgan fingerprint density at radius 3 is 2.14 bits per heavy atom. The molecule has 0 aliphatic carbocycles. The Bertz CT molecular complexity index is 349. The molecule has 1 aliphatic heterocycles. The molecule has 0 bridgehead atoms. The highest BCUT2D eigenvalue weighted by atomic mass is 79.9. The van der Waals surface area contributed by atoms with Crippen molar-refractivity contribution < 1.29 is 9.84 Å². The second-order valence-electron chi connectivity index (χ2n) is 3.59. The van der Waals surface area contributed by atoms with Crippen LogP contribution in [0.4, 0.5) is 0 Å². The normalized spacial score (nSPS) is 19.1. The fraction of sp³-hybridized carbons (Fsp3) is 0.400. The summed E-state index contributed by atoms with van der Waals surface area (Å²) in [6.45, 7) is 2.78. The molecule has 0 spiro atoms. The smallest absolute Gasteiger partial charge is 0.136 e. The van der Waals surface area contributed by atoms with Crippen LogP contribution in [0.1, 0.15) is 11.1 Å². The molecular weight excluding hydrogens is 312 g/mol. The van der Waals surface area contributed by atoms with E-state index in [2.05, 4.69) is 31.9 Å². The predicted molar refractivity (Wildman–Crippen MR) is 61.3 cm³/mol. The molecule has 0 amide bonds. The van der Waals surface area contributed by atoms with Crippen molar-refractivity contribution in [2.24, 2.45) is 0 Å². The van der Waals surface area contributed by atoms with Gasteiger partial charge in [-0.1, -0.05) is 31.9 Å². The summed E-state index contributed by atoms with van der Waals surface area (Å²) >= 11 is 6.92. The predicted octanol–water partition coefficient (Wildman–Crippen LogP) is 2.74. The minimum Gasteiger partial charge on any atom is -0.380 e. The van der Waals surface area contributed by atoms with Crippen LogP contribution >= 0.6 is 31.9 Å². The van der Waals surface area contributed by atoms with Crippen LogP contribution in [0.5, 0.6) is 0 Å². The zero-order valence-corrected chi connectivity index (χ0v) is 10.9. The molecule has 0 saturated carbocycles. The number of ether oxygens (including phenoxy) is 1. The van der Waals surface area contributed by atoms with Crippen molar-refractivity contribution in [1.29, 1.82) is 0 Å². The largest absolute Gasteiger partial charge is 0.380 e. The lowest BCUT2D eigenvalue weighted by molar-refractivity contribution is -0.184. The van der Waals surface area contributed by atoms with E-state index in [-0.39, 0.29) is 0 Å². The van der Waals surface area contributed by atoms with Crippen molar-refractivity contribution in [3.63, 3.8) is 0 Å². The number of aliphatic hydroxyl groups is 1. The van der Waals surface area contributed by atoms with E-state index < -0.39 is 5.60 Å². The summed E-state index contributed by atoms with van der Waals surface area (Å²) in [5, 5.41) is 10.1. The van der Waals surface area contributed by atoms with Gasteiger partial charge in [0.1, 0.15) is 5.60 Å². The fourth-order valence-corrected chi connectivity index (χ4v) is 2.56. The van der Waals surface area contributed by atoms with E-state index in [1.54, 1.807) is 0 Å². The van der Waals surface area contributed by atoms with Crippen molar-refractivity contribution in [2.75, 3.05) is 13.2 Å². The first kappa shape index (κ1) is 10.6. The molecule has 0 aromatic heterocycles. The average molecular weight is 322 g/mol. The Kier molecular flexibility index (Phi) is 2.72. The maximum absolute atomic E-state index is 10.1. The lowest BCUT2D eigenvalue weighted by Crippen LogP contribution is -2.46. The SMILES string of the molecule is Cc1c(Br)cc(C2(O)COC2)cc1Br. The van der Waals surface area contributed by atoms with Crippen LogP contribution in [0.15, 0.2) is 21.1 Å². The molecule has 1 N–H and O–H groups in total. The highest BCUT2D eigenvalue weighted by Gasteiger charge is 2.38. The summed E-state index contributed by atoms with van der Waals surface area (Å²) in [4.78, 5) is 0. The van der Waals surface area contributed by atoms with E-state index in [1.807, 2.05) is 19.1 Å². The lowest BCUT2D eigenvalue weighted by Gasteiger charge is -2.37. The maximum atomic E-state index is 10.1. The molecule has 1 aliphatic rings. The van der Waals surface area contributed by atoms with Gasteiger partial charge < -0.3 is 9.84 Å². The Morgan fingerprint density at radius 2 is 1.79 bits per heavy atom. The molecule has 2 nitrogen and oxygen atoms in total. The Labute approximate surface area is 99.5 Å². The molecule has 0 radical (unpaired) electrons. The van der Waals surface area contributed by atoms with Gasteiger partial charge in [-0.3, -0.25) is 0 Å². The van der Waals surface area contributed by atoms with Gasteiger partial charge >= 0.3 is 0 Å². The fourth-order valence-electron chi connectivity index (χ4n) is 1.38. The summed E-state index contributed by atoms with van der Waals surface area (Å²) in [7, 11) is 0. The van der Waals surface area contributed by atoms with E-state index in [0.717, 1.165) is 20.1 Å². The Morgan fingerprint density at radius 1 is 1.29 bits per heavy atom. The van der Waals surface area contributed by atoms with Crippen LogP contribution in [0.2, 0.25) is 0 Å². The summed E-state index contributed by atoms with van der Waals surface area (Å²) in [5.41, 5.74) is 1.24. The van der Waals surface area contributed by atoms with Gasteiger partial charge in [0.15, 0.2) is 0 Å². The molecule has 4 heteroatoms. The first-order chi connectivity index (χ1) is 6.53. The first-order valence-corrected chi connectivity index (χ1v) is 5.88. The van der Waals surface area contributed by atoms with Gasteiger partial charge in [0.2, 0.25) is 0 Å². The van der Waals surface area contributed by atoms with Crippen molar-refractivity contribution >= 4 is 31.9 Å². The van der Waals surface area contributed by atoms with Crippen LogP contribution in [0, 0.1) is 6.92 Å². The number of halogens is 2. The third-order valence-corrected chi connectivity index (χ3v) is 4.15. The highest BCUT2D eigenvalue weighted by molar-refractivity contribution is 9.11. The number of hydrogen-bond acceptors (Lipinski definition) is 2. The molecule has 1 aromatic carbocycles. The van der Waals surface area contributed by atoms with Crippen LogP contribution in [-0.2, 0) is 10.3 Å². The Balaban J connectivity index is 2.45. The number of rotatable bonds is 1. The monoisotopic (exact) mass is 320 g/mol. The second-order valence-corrected chi connectivity index (χ2v) is 5.30. The molecule has 14 heavy (non-hydrogen) atoms. The van der Waals surface area contributed by atoms with Gasteiger partial charge in [-0.05, 0) is 30.2 Å². The van der Waals surface area contributed by atoms with Gasteiger partial charge in [0.05, 0.1) is 13.2 Å². The molecule has 0 unspecified atom stereocenters. The van der Waals surface area contributed by atoms with Crippen molar-refractivity contribution in [3.8, 4) is 0 Å². The molecule has 1 saturated heterocycles. The number of hydrogen-bond donors (Lipinski definition) is 1. The summed E-state index contributed by atoms with van der Waals surface area (Å²) in [6, 6.07) is 3.89. The van der Waals surface area contributed by atoms with Gasteiger partial charge in [0, 0.05) is 8.95 Å². The lowest BCUT2D eigenvalue weighted by atomic mass is 9.92. The molecule has 1 fully saturated rings. The molecule has 76 valence electrons. The first-order valence-electron chi connectivity index (χ1n) is 4.29. The summed E-state index contributed by atoms with van der Waals surface area (Å²) in [5.74, 6) is 0. The molecule has 0 atom stereocenters. The minimum atomic E-state index is -0.793. The average Bonchev–Trinajstić information content (AvgIpc) is 2.09. The zero-order chi connectivity index (χ0) is 10.3. The van der Waals surface area contributed by atoms with E-state index in [9.17, 15) is 5.11 Å². The van der Waals surface area contributed by atoms with Crippen LogP contribution < -0.4 is 0 Å². The van der Waals surface area contributed by atoms with Crippen LogP contribution in [-0.4, -0.2) is 18.3 Å². The zero-order valence-electron chi connectivity index (χ0n) is 7.68. The van der Waals surface area contributed by atoms with Gasteiger partial charge in [-0.25, -0.2) is 0 Å². The quantitative estimate of drug-likeness (QED) is 0.862. The van der Waals surface area contributed by atoms with Crippen LogP contribution in [0.3, 0.4) is 0 Å². The summed E-state index contributed by atoms with van der Waals surface area (Å²) in [6.07, 6.45) is 0. The molecule has 1 aromatic rings. The molecule has 1 heterocycles. The van der Waals surface area contributed by atoms with E-state index in [0.29, 0.717) is 13.2 Å². The minimum absolute atomic E-state index is 0.384. The van der Waals surface area contributed by atoms with Crippen molar-refractivity contribution in [2.45, 2.75) is 12.5 Å². The maximum Gasteiger partial charge on any atom is 0.136 e. The molecule has 2 rings (SSSR count). The van der Waals surface area contributed by atoms with Gasteiger partial charge in [-0.2, -0.15) is 0 Å². The van der Waals surface area contributed by atoms with Gasteiger partial charge in [0.25, 0.3) is 0 Å². The van der Waals surface area contributed by atoms with E-state index in [1.165, 1.54) is 0 Å². The second kappa shape index (κ2) is 3.59. The van der Waals surface area contributed by atoms with Gasteiger partial charge in [-0.15, -0.1) is 0 Å². The van der Waals surface area contributed by atoms with E-state index >= 15 is 0 Å².